The molecule has 0 aliphatic heterocycles. The molecule has 1 aromatic heterocycles. The van der Waals surface area contributed by atoms with Gasteiger partial charge in [0.15, 0.2) is 0 Å². The second kappa shape index (κ2) is 4.35. The SMILES string of the molecule is N#Cc1c(NC(=O)C2CC2C(=O)O)sc2c1CCC2. The van der Waals surface area contributed by atoms with E-state index in [0.29, 0.717) is 17.0 Å². The highest BCUT2D eigenvalue weighted by Crippen LogP contribution is 2.42. The van der Waals surface area contributed by atoms with Gasteiger partial charge in [0.05, 0.1) is 17.4 Å². The van der Waals surface area contributed by atoms with Crippen LogP contribution in [0.4, 0.5) is 5.00 Å². The van der Waals surface area contributed by atoms with Gasteiger partial charge in [-0.25, -0.2) is 0 Å². The molecule has 2 aliphatic carbocycles. The van der Waals surface area contributed by atoms with E-state index in [0.717, 1.165) is 24.8 Å². The summed E-state index contributed by atoms with van der Waals surface area (Å²) in [6.45, 7) is 0. The Balaban J connectivity index is 1.76. The predicted octanol–water partition coefficient (Wildman–Crippen LogP) is 1.77. The minimum Gasteiger partial charge on any atom is -0.481 e. The van der Waals surface area contributed by atoms with Gasteiger partial charge in [0.25, 0.3) is 0 Å². The zero-order valence-electron chi connectivity index (χ0n) is 10.1. The van der Waals surface area contributed by atoms with E-state index in [1.54, 1.807) is 0 Å². The van der Waals surface area contributed by atoms with Crippen LogP contribution in [0.5, 0.6) is 0 Å². The normalized spacial score (nSPS) is 23.5. The van der Waals surface area contributed by atoms with Crippen LogP contribution in [0.2, 0.25) is 0 Å². The summed E-state index contributed by atoms with van der Waals surface area (Å²) in [5.74, 6) is -2.20. The lowest BCUT2D eigenvalue weighted by atomic mass is 10.1. The van der Waals surface area contributed by atoms with E-state index in [-0.39, 0.29) is 5.91 Å². The van der Waals surface area contributed by atoms with Gasteiger partial charge in [0.2, 0.25) is 5.91 Å². The lowest BCUT2D eigenvalue weighted by Crippen LogP contribution is -2.16. The number of aliphatic carboxylic acids is 1. The standard InChI is InChI=1S/C13H12N2O3S/c14-5-9-6-2-1-3-10(6)19-12(9)15-11(16)7-4-8(7)13(17)18/h7-8H,1-4H2,(H,15,16)(H,17,18). The number of aryl methyl sites for hydroxylation is 1. The maximum Gasteiger partial charge on any atom is 0.307 e. The van der Waals surface area contributed by atoms with E-state index in [4.69, 9.17) is 5.11 Å². The number of nitriles is 1. The van der Waals surface area contributed by atoms with Crippen LogP contribution >= 0.6 is 11.3 Å². The van der Waals surface area contributed by atoms with E-state index in [1.165, 1.54) is 16.2 Å². The number of hydrogen-bond donors (Lipinski definition) is 2. The van der Waals surface area contributed by atoms with Crippen molar-refractivity contribution in [3.8, 4) is 6.07 Å². The van der Waals surface area contributed by atoms with E-state index < -0.39 is 17.8 Å². The molecule has 1 heterocycles. The number of carboxylic acids is 1. The Morgan fingerprint density at radius 2 is 2.16 bits per heavy atom. The summed E-state index contributed by atoms with van der Waals surface area (Å²) in [5.41, 5.74) is 1.63. The summed E-state index contributed by atoms with van der Waals surface area (Å²) in [5, 5.41) is 21.3. The molecule has 3 rings (SSSR count). The number of carbonyl (C=O) groups excluding carboxylic acids is 1. The first-order chi connectivity index (χ1) is 9.11. The summed E-state index contributed by atoms with van der Waals surface area (Å²) in [4.78, 5) is 23.8. The molecule has 0 saturated heterocycles. The zero-order valence-corrected chi connectivity index (χ0v) is 10.9. The van der Waals surface area contributed by atoms with Crippen molar-refractivity contribution in [2.24, 2.45) is 11.8 Å². The summed E-state index contributed by atoms with van der Waals surface area (Å²) >= 11 is 1.45. The fourth-order valence-electron chi connectivity index (χ4n) is 2.57. The molecule has 0 bridgehead atoms. The number of hydrogen-bond acceptors (Lipinski definition) is 4. The Kier molecular flexibility index (Phi) is 2.79. The molecule has 0 spiro atoms. The molecule has 6 heteroatoms. The number of carboxylic acid groups (broad SMARTS) is 1. The van der Waals surface area contributed by atoms with Crippen LogP contribution in [0.25, 0.3) is 0 Å². The number of fused-ring (bicyclic) bond motifs is 1. The van der Waals surface area contributed by atoms with E-state index in [2.05, 4.69) is 11.4 Å². The lowest BCUT2D eigenvalue weighted by Gasteiger charge is -2.02. The van der Waals surface area contributed by atoms with E-state index in [1.807, 2.05) is 0 Å². The molecule has 1 fully saturated rings. The molecule has 98 valence electrons. The Labute approximate surface area is 113 Å². The second-order valence-electron chi connectivity index (χ2n) is 4.95. The zero-order chi connectivity index (χ0) is 13.6. The van der Waals surface area contributed by atoms with Gasteiger partial charge in [-0.05, 0) is 31.2 Å². The van der Waals surface area contributed by atoms with Crippen molar-refractivity contribution in [2.45, 2.75) is 25.7 Å². The van der Waals surface area contributed by atoms with E-state index in [9.17, 15) is 14.9 Å². The number of nitrogens with one attached hydrogen (secondary N) is 1. The van der Waals surface area contributed by atoms with Crippen LogP contribution in [0.1, 0.15) is 28.8 Å². The second-order valence-corrected chi connectivity index (χ2v) is 6.05. The molecule has 0 radical (unpaired) electrons. The topological polar surface area (TPSA) is 90.2 Å². The highest BCUT2D eigenvalue weighted by Gasteiger charge is 2.48. The van der Waals surface area contributed by atoms with Gasteiger partial charge in [-0.3, -0.25) is 9.59 Å². The van der Waals surface area contributed by atoms with Crippen molar-refractivity contribution in [1.82, 2.24) is 0 Å². The summed E-state index contributed by atoms with van der Waals surface area (Å²) < 4.78 is 0. The predicted molar refractivity (Wildman–Crippen MR) is 68.9 cm³/mol. The first kappa shape index (κ1) is 12.2. The molecular formula is C13H12N2O3S. The Bertz CT molecular complexity index is 614. The third-order valence-electron chi connectivity index (χ3n) is 3.71. The van der Waals surface area contributed by atoms with Crippen molar-refractivity contribution >= 4 is 28.2 Å². The monoisotopic (exact) mass is 276 g/mol. The van der Waals surface area contributed by atoms with Crippen molar-refractivity contribution < 1.29 is 14.7 Å². The van der Waals surface area contributed by atoms with E-state index >= 15 is 0 Å². The van der Waals surface area contributed by atoms with Crippen LogP contribution in [-0.2, 0) is 22.4 Å². The number of anilines is 1. The highest BCUT2D eigenvalue weighted by molar-refractivity contribution is 7.16. The van der Waals surface area contributed by atoms with Crippen molar-refractivity contribution in [2.75, 3.05) is 5.32 Å². The van der Waals surface area contributed by atoms with Gasteiger partial charge >= 0.3 is 5.97 Å². The largest absolute Gasteiger partial charge is 0.481 e. The first-order valence-electron chi connectivity index (χ1n) is 6.20. The molecule has 5 nitrogen and oxygen atoms in total. The molecule has 0 aromatic carbocycles. The van der Waals surface area contributed by atoms with Crippen LogP contribution in [0.3, 0.4) is 0 Å². The number of rotatable bonds is 3. The number of nitrogens with zero attached hydrogens (tertiary/aromatic N) is 1. The van der Waals surface area contributed by atoms with Gasteiger partial charge in [0.1, 0.15) is 11.1 Å². The summed E-state index contributed by atoms with van der Waals surface area (Å²) in [6.07, 6.45) is 3.32. The molecule has 2 aliphatic rings. The van der Waals surface area contributed by atoms with Crippen LogP contribution in [0, 0.1) is 23.2 Å². The van der Waals surface area contributed by atoms with Crippen LogP contribution in [0.15, 0.2) is 0 Å². The molecule has 1 saturated carbocycles. The Hall–Kier alpha value is -1.87. The van der Waals surface area contributed by atoms with Gasteiger partial charge in [-0.15, -0.1) is 11.3 Å². The van der Waals surface area contributed by atoms with Gasteiger partial charge in [-0.1, -0.05) is 0 Å². The molecule has 2 unspecified atom stereocenters. The fourth-order valence-corrected chi connectivity index (χ4v) is 3.82. The molecule has 2 atom stereocenters. The van der Waals surface area contributed by atoms with Gasteiger partial charge in [-0.2, -0.15) is 5.26 Å². The molecule has 1 aromatic rings. The minimum atomic E-state index is -0.922. The quantitative estimate of drug-likeness (QED) is 0.880. The van der Waals surface area contributed by atoms with Crippen LogP contribution < -0.4 is 5.32 Å². The average molecular weight is 276 g/mol. The van der Waals surface area contributed by atoms with Gasteiger partial charge in [0, 0.05) is 4.88 Å². The summed E-state index contributed by atoms with van der Waals surface area (Å²) in [7, 11) is 0. The third-order valence-corrected chi connectivity index (χ3v) is 4.92. The number of amides is 1. The molecule has 19 heavy (non-hydrogen) atoms. The molecule has 2 N–H and O–H groups in total. The molecular weight excluding hydrogens is 264 g/mol. The molecule has 1 amide bonds. The third kappa shape index (κ3) is 2.00. The maximum absolute atomic E-state index is 11.9. The maximum atomic E-state index is 11.9. The summed E-state index contributed by atoms with van der Waals surface area (Å²) in [6, 6.07) is 2.15. The smallest absolute Gasteiger partial charge is 0.307 e. The lowest BCUT2D eigenvalue weighted by molar-refractivity contribution is -0.139. The first-order valence-corrected chi connectivity index (χ1v) is 7.01. The van der Waals surface area contributed by atoms with Crippen molar-refractivity contribution in [3.05, 3.63) is 16.0 Å². The van der Waals surface area contributed by atoms with Crippen LogP contribution in [-0.4, -0.2) is 17.0 Å². The fraction of sp³-hybridized carbons (Fsp3) is 0.462. The van der Waals surface area contributed by atoms with Crippen molar-refractivity contribution in [1.29, 1.82) is 5.26 Å². The number of carbonyl (C=O) groups is 2. The highest BCUT2D eigenvalue weighted by atomic mass is 32.1. The Morgan fingerprint density at radius 3 is 2.79 bits per heavy atom. The average Bonchev–Trinajstić information content (AvgIpc) is 2.95. The number of thiophene rings is 1. The Morgan fingerprint density at radius 1 is 1.37 bits per heavy atom. The minimum absolute atomic E-state index is 0.274. The van der Waals surface area contributed by atoms with Crippen molar-refractivity contribution in [3.63, 3.8) is 0 Å². The van der Waals surface area contributed by atoms with Gasteiger partial charge < -0.3 is 10.4 Å².